The number of phenols is 2. The van der Waals surface area contributed by atoms with E-state index < -0.39 is 24.2 Å². The fourth-order valence-corrected chi connectivity index (χ4v) is 8.89. The van der Waals surface area contributed by atoms with Crippen LogP contribution in [0.1, 0.15) is 56.0 Å². The van der Waals surface area contributed by atoms with Crippen LogP contribution in [0.3, 0.4) is 0 Å². The molecule has 12 heteroatoms. The first-order valence-electron chi connectivity index (χ1n) is 16.3. The van der Waals surface area contributed by atoms with Gasteiger partial charge < -0.3 is 39.5 Å². The highest BCUT2D eigenvalue weighted by atomic mass is 16.5. The van der Waals surface area contributed by atoms with Crippen LogP contribution in [0.2, 0.25) is 0 Å². The number of carbonyl (C=O) groups excluding carboxylic acids is 1. The Morgan fingerprint density at radius 2 is 1.49 bits per heavy atom. The predicted octanol–water partition coefficient (Wildman–Crippen LogP) is 4.43. The maximum Gasteiger partial charge on any atom is 0.267 e. The number of phenolic OH excluding ortho intramolecular Hbond substituents is 2. The fourth-order valence-electron chi connectivity index (χ4n) is 8.89. The van der Waals surface area contributed by atoms with Crippen molar-refractivity contribution in [2.45, 2.75) is 56.9 Å². The molecule has 0 aliphatic carbocycles. The van der Waals surface area contributed by atoms with Crippen LogP contribution in [0, 0.1) is 25.2 Å². The standard InChI is InChI=1S/C37H41N5O7/c1-17-33(46-4)20-14-25-30-29-21(34(47-5)18(2)36(49-7)32(29)44)13-24(41(30)3)26(15-38)42(25)27(28(20)31(43)35(17)48-6)16-39-37(45)23-12-19-10-8-9-11-22(19)40-23/h8-12,24-27,30,40,43-44H,13-14,16H2,1-7H3,(H,39,45)/t24-,25-,26-,27-,30-/m0/s1. The molecule has 7 rings (SSSR count). The van der Waals surface area contributed by atoms with Gasteiger partial charge in [-0.3, -0.25) is 14.6 Å². The fraction of sp³-hybridized carbons (Fsp3) is 0.405. The van der Waals surface area contributed by atoms with E-state index in [-0.39, 0.29) is 35.7 Å². The summed E-state index contributed by atoms with van der Waals surface area (Å²) in [6.07, 6.45) is 0.805. The van der Waals surface area contributed by atoms with E-state index in [1.807, 2.05) is 45.2 Å². The number of likely N-dealkylation sites (N-methyl/N-ethyl adjacent to an activating group) is 1. The maximum atomic E-state index is 13.7. The summed E-state index contributed by atoms with van der Waals surface area (Å²) in [5, 5.41) is 38.6. The van der Waals surface area contributed by atoms with E-state index in [4.69, 9.17) is 18.9 Å². The largest absolute Gasteiger partial charge is 0.504 e. The van der Waals surface area contributed by atoms with Crippen LogP contribution in [-0.4, -0.2) is 91.1 Å². The Labute approximate surface area is 284 Å². The van der Waals surface area contributed by atoms with Gasteiger partial charge in [0.15, 0.2) is 23.0 Å². The number of nitrogens with zero attached hydrogens (tertiary/aromatic N) is 3. The molecular formula is C37H41N5O7. The lowest BCUT2D eigenvalue weighted by atomic mass is 9.71. The summed E-state index contributed by atoms with van der Waals surface area (Å²) in [7, 11) is 8.18. The van der Waals surface area contributed by atoms with Gasteiger partial charge in [-0.25, -0.2) is 0 Å². The second kappa shape index (κ2) is 12.1. The average molecular weight is 668 g/mol. The van der Waals surface area contributed by atoms with Gasteiger partial charge >= 0.3 is 0 Å². The molecule has 4 heterocycles. The lowest BCUT2D eigenvalue weighted by Gasteiger charge is -2.60. The molecule has 5 atom stereocenters. The summed E-state index contributed by atoms with van der Waals surface area (Å²) >= 11 is 0. The van der Waals surface area contributed by atoms with Crippen molar-refractivity contribution in [2.24, 2.45) is 0 Å². The van der Waals surface area contributed by atoms with Crippen LogP contribution < -0.4 is 24.3 Å². The number of rotatable bonds is 7. The smallest absolute Gasteiger partial charge is 0.267 e. The number of piperazine rings is 1. The van der Waals surface area contributed by atoms with E-state index in [1.165, 1.54) is 14.2 Å². The third-order valence-electron chi connectivity index (χ3n) is 10.9. The molecule has 3 aliphatic rings. The van der Waals surface area contributed by atoms with Crippen molar-refractivity contribution >= 4 is 16.8 Å². The summed E-state index contributed by atoms with van der Waals surface area (Å²) in [4.78, 5) is 21.2. The minimum absolute atomic E-state index is 0.0386. The molecule has 4 aromatic rings. The number of hydrogen-bond acceptors (Lipinski definition) is 10. The van der Waals surface area contributed by atoms with Gasteiger partial charge in [0.25, 0.3) is 5.91 Å². The molecule has 1 amide bonds. The van der Waals surface area contributed by atoms with Crippen LogP contribution in [0.15, 0.2) is 30.3 Å². The number of hydrogen-bond donors (Lipinski definition) is 4. The Hall–Kier alpha value is -5.12. The number of aromatic nitrogens is 1. The van der Waals surface area contributed by atoms with Crippen molar-refractivity contribution in [3.63, 3.8) is 0 Å². The molecule has 256 valence electrons. The summed E-state index contributed by atoms with van der Waals surface area (Å²) in [5.74, 6) is 1.48. The number of carbonyl (C=O) groups is 1. The summed E-state index contributed by atoms with van der Waals surface area (Å²) in [6.45, 7) is 3.76. The van der Waals surface area contributed by atoms with Gasteiger partial charge in [0.05, 0.1) is 46.6 Å². The Morgan fingerprint density at radius 3 is 2.08 bits per heavy atom. The molecular weight excluding hydrogens is 626 g/mol. The summed E-state index contributed by atoms with van der Waals surface area (Å²) in [6, 6.07) is 9.63. The lowest BCUT2D eigenvalue weighted by Crippen LogP contribution is -2.68. The van der Waals surface area contributed by atoms with Crippen LogP contribution in [0.25, 0.3) is 10.9 Å². The van der Waals surface area contributed by atoms with Crippen LogP contribution in [0.5, 0.6) is 34.5 Å². The molecule has 3 aromatic carbocycles. The first kappa shape index (κ1) is 32.4. The quantitative estimate of drug-likeness (QED) is 0.223. The highest BCUT2D eigenvalue weighted by molar-refractivity contribution is 5.98. The number of fused-ring (bicyclic) bond motifs is 8. The number of amides is 1. The van der Waals surface area contributed by atoms with E-state index in [0.717, 1.165) is 22.0 Å². The normalized spacial score (nSPS) is 22.8. The van der Waals surface area contributed by atoms with E-state index in [0.29, 0.717) is 58.0 Å². The SMILES string of the molecule is COc1c(C)c(OC)c2c(c1O)[C@@H]1[C@@H]3Cc4c(OC)c(C)c(OC)c(O)c4[C@H](CNC(=O)c4cc5ccccc5[nH]4)N3[C@@H](C#N)[C@H](C2)N1C. The van der Waals surface area contributed by atoms with Crippen LogP contribution in [-0.2, 0) is 12.8 Å². The second-order valence-corrected chi connectivity index (χ2v) is 13.0. The summed E-state index contributed by atoms with van der Waals surface area (Å²) < 4.78 is 23.3. The van der Waals surface area contributed by atoms with Gasteiger partial charge in [-0.05, 0) is 45.9 Å². The summed E-state index contributed by atoms with van der Waals surface area (Å²) in [5.41, 5.74) is 5.40. The van der Waals surface area contributed by atoms with E-state index in [9.17, 15) is 20.3 Å². The molecule has 2 bridgehead atoms. The van der Waals surface area contributed by atoms with Crippen molar-refractivity contribution < 1.29 is 34.0 Å². The predicted molar refractivity (Wildman–Crippen MR) is 182 cm³/mol. The minimum atomic E-state index is -0.660. The van der Waals surface area contributed by atoms with Gasteiger partial charge in [0.1, 0.15) is 23.2 Å². The molecule has 1 saturated heterocycles. The molecule has 3 aliphatic heterocycles. The van der Waals surface area contributed by atoms with E-state index in [2.05, 4.69) is 26.2 Å². The average Bonchev–Trinajstić information content (AvgIpc) is 3.53. The number of ether oxygens (including phenoxy) is 4. The van der Waals surface area contributed by atoms with Crippen molar-refractivity contribution in [2.75, 3.05) is 42.0 Å². The molecule has 0 unspecified atom stereocenters. The van der Waals surface area contributed by atoms with Gasteiger partial charge in [0.2, 0.25) is 0 Å². The van der Waals surface area contributed by atoms with Crippen molar-refractivity contribution in [1.29, 1.82) is 5.26 Å². The van der Waals surface area contributed by atoms with Crippen molar-refractivity contribution in [1.82, 2.24) is 20.1 Å². The second-order valence-electron chi connectivity index (χ2n) is 13.0. The number of nitriles is 1. The zero-order chi connectivity index (χ0) is 34.9. The monoisotopic (exact) mass is 667 g/mol. The third-order valence-corrected chi connectivity index (χ3v) is 10.9. The van der Waals surface area contributed by atoms with Gasteiger partial charge in [-0.1, -0.05) is 18.2 Å². The zero-order valence-corrected chi connectivity index (χ0v) is 28.7. The number of benzene rings is 3. The van der Waals surface area contributed by atoms with E-state index in [1.54, 1.807) is 20.3 Å². The third kappa shape index (κ3) is 4.60. The minimum Gasteiger partial charge on any atom is -0.504 e. The molecule has 12 nitrogen and oxygen atoms in total. The molecule has 0 saturated carbocycles. The number of nitrogens with one attached hydrogen (secondary N) is 2. The molecule has 1 aromatic heterocycles. The Morgan fingerprint density at radius 1 is 0.918 bits per heavy atom. The molecule has 4 N–H and O–H groups in total. The number of aromatic amines is 1. The molecule has 1 fully saturated rings. The Bertz CT molecular complexity index is 2000. The number of H-pyrrole nitrogens is 1. The van der Waals surface area contributed by atoms with Crippen molar-refractivity contribution in [3.05, 3.63) is 69.4 Å². The van der Waals surface area contributed by atoms with E-state index >= 15 is 0 Å². The number of methoxy groups -OCH3 is 4. The number of aromatic hydroxyl groups is 2. The number of para-hydroxylation sites is 1. The first-order chi connectivity index (χ1) is 23.6. The molecule has 49 heavy (non-hydrogen) atoms. The molecule has 0 spiro atoms. The maximum absolute atomic E-state index is 13.7. The topological polar surface area (TPSA) is 153 Å². The first-order valence-corrected chi connectivity index (χ1v) is 16.3. The zero-order valence-electron chi connectivity index (χ0n) is 28.7. The van der Waals surface area contributed by atoms with Crippen LogP contribution in [0.4, 0.5) is 0 Å². The van der Waals surface area contributed by atoms with Gasteiger partial charge in [-0.2, -0.15) is 5.26 Å². The highest BCUT2D eigenvalue weighted by Crippen LogP contribution is 2.58. The van der Waals surface area contributed by atoms with Crippen LogP contribution >= 0.6 is 0 Å². The van der Waals surface area contributed by atoms with Gasteiger partial charge in [0, 0.05) is 62.9 Å². The highest BCUT2D eigenvalue weighted by Gasteiger charge is 2.57. The van der Waals surface area contributed by atoms with Gasteiger partial charge in [-0.15, -0.1) is 0 Å². The van der Waals surface area contributed by atoms with Crippen molar-refractivity contribution in [3.8, 4) is 40.6 Å². The Balaban J connectivity index is 1.42. The lowest BCUT2D eigenvalue weighted by molar-refractivity contribution is -0.0724. The Kier molecular flexibility index (Phi) is 8.00. The molecule has 0 radical (unpaired) electrons.